The van der Waals surface area contributed by atoms with Crippen molar-refractivity contribution in [3.05, 3.63) is 42.1 Å². The molecular weight excluding hydrogens is 306 g/mol. The number of carbonyl (C=O) groups is 2. The summed E-state index contributed by atoms with van der Waals surface area (Å²) in [5, 5.41) is 3.15. The zero-order chi connectivity index (χ0) is 18.0. The van der Waals surface area contributed by atoms with Crippen LogP contribution in [0, 0.1) is 10.8 Å². The first-order valence-corrected chi connectivity index (χ1v) is 8.20. The quantitative estimate of drug-likeness (QED) is 0.771. The van der Waals surface area contributed by atoms with Crippen molar-refractivity contribution in [1.29, 1.82) is 0 Å². The molecule has 0 bridgehead atoms. The number of esters is 2. The monoisotopic (exact) mass is 331 g/mol. The molecule has 5 heteroatoms. The van der Waals surface area contributed by atoms with Crippen molar-refractivity contribution in [3.63, 3.8) is 0 Å². The Hall–Kier alpha value is -2.30. The van der Waals surface area contributed by atoms with Gasteiger partial charge in [-0.25, -0.2) is 4.79 Å². The highest BCUT2D eigenvalue weighted by molar-refractivity contribution is 5.96. The Labute approximate surface area is 143 Å². The lowest BCUT2D eigenvalue weighted by Crippen LogP contribution is -2.29. The van der Waals surface area contributed by atoms with Crippen LogP contribution >= 0.6 is 0 Å². The Morgan fingerprint density at radius 2 is 1.75 bits per heavy atom. The fraction of sp³-hybridized carbons (Fsp3) is 0.474. The molecule has 1 N–H and O–H groups in total. The molecule has 130 valence electrons. The Morgan fingerprint density at radius 3 is 2.29 bits per heavy atom. The van der Waals surface area contributed by atoms with Gasteiger partial charge in [0.1, 0.15) is 5.41 Å². The number of benzene rings is 1. The number of hydrogen-bond donors (Lipinski definition) is 1. The van der Waals surface area contributed by atoms with Crippen LogP contribution in [0.15, 0.2) is 36.5 Å². The molecule has 24 heavy (non-hydrogen) atoms. The van der Waals surface area contributed by atoms with E-state index < -0.39 is 11.4 Å². The van der Waals surface area contributed by atoms with Crippen LogP contribution in [0.3, 0.4) is 0 Å². The van der Waals surface area contributed by atoms with Gasteiger partial charge >= 0.3 is 11.9 Å². The van der Waals surface area contributed by atoms with Gasteiger partial charge in [0.2, 0.25) is 0 Å². The topological polar surface area (TPSA) is 64.6 Å². The molecule has 1 saturated carbocycles. The van der Waals surface area contributed by atoms with E-state index in [4.69, 9.17) is 9.47 Å². The van der Waals surface area contributed by atoms with Gasteiger partial charge in [0.05, 0.1) is 24.5 Å². The van der Waals surface area contributed by atoms with Crippen molar-refractivity contribution in [2.45, 2.75) is 34.1 Å². The van der Waals surface area contributed by atoms with Crippen LogP contribution in [0.5, 0.6) is 0 Å². The van der Waals surface area contributed by atoms with Gasteiger partial charge in [-0.15, -0.1) is 0 Å². The van der Waals surface area contributed by atoms with E-state index in [2.05, 4.69) is 11.9 Å². The van der Waals surface area contributed by atoms with Crippen molar-refractivity contribution in [1.82, 2.24) is 0 Å². The largest absolute Gasteiger partial charge is 0.465 e. The van der Waals surface area contributed by atoms with Gasteiger partial charge in [0.15, 0.2) is 0 Å². The number of hydrogen-bond acceptors (Lipinski definition) is 5. The van der Waals surface area contributed by atoms with Crippen LogP contribution in [-0.2, 0) is 14.3 Å². The molecular formula is C19H25NO4. The maximum absolute atomic E-state index is 12.5. The molecule has 1 fully saturated rings. The first-order valence-electron chi connectivity index (χ1n) is 8.20. The minimum absolute atomic E-state index is 0.234. The molecule has 1 unspecified atom stereocenters. The van der Waals surface area contributed by atoms with Crippen molar-refractivity contribution >= 4 is 17.6 Å². The maximum atomic E-state index is 12.5. The summed E-state index contributed by atoms with van der Waals surface area (Å²) in [5.74, 6) is -0.685. The van der Waals surface area contributed by atoms with E-state index in [1.54, 1.807) is 32.0 Å². The first kappa shape index (κ1) is 18.0. The third kappa shape index (κ3) is 3.03. The zero-order valence-corrected chi connectivity index (χ0v) is 14.8. The molecule has 1 aromatic rings. The fourth-order valence-electron chi connectivity index (χ4n) is 3.11. The number of nitrogens with one attached hydrogen (secondary N) is 1. The molecule has 0 heterocycles. The molecule has 1 aliphatic rings. The van der Waals surface area contributed by atoms with Crippen molar-refractivity contribution in [2.75, 3.05) is 18.5 Å². The average molecular weight is 331 g/mol. The zero-order valence-electron chi connectivity index (χ0n) is 14.8. The van der Waals surface area contributed by atoms with Crippen LogP contribution in [0.4, 0.5) is 5.69 Å². The molecule has 1 aliphatic carbocycles. The third-order valence-corrected chi connectivity index (χ3v) is 4.58. The Kier molecular flexibility index (Phi) is 5.02. The lowest BCUT2D eigenvalue weighted by Gasteiger charge is -2.23. The molecule has 5 nitrogen and oxygen atoms in total. The summed E-state index contributed by atoms with van der Waals surface area (Å²) in [5.41, 5.74) is 0.528. The normalized spacial score (nSPS) is 20.8. The third-order valence-electron chi connectivity index (χ3n) is 4.58. The Morgan fingerprint density at radius 1 is 1.17 bits per heavy atom. The lowest BCUT2D eigenvalue weighted by molar-refractivity contribution is -0.149. The molecule has 0 amide bonds. The molecule has 0 aliphatic heterocycles. The fourth-order valence-corrected chi connectivity index (χ4v) is 3.11. The minimum atomic E-state index is -0.773. The van der Waals surface area contributed by atoms with Crippen molar-refractivity contribution < 1.29 is 19.1 Å². The highest BCUT2D eigenvalue weighted by Gasteiger charge is 2.69. The Balaban J connectivity index is 2.27. The summed E-state index contributed by atoms with van der Waals surface area (Å²) >= 11 is 0. The highest BCUT2D eigenvalue weighted by Crippen LogP contribution is 2.67. The van der Waals surface area contributed by atoms with Crippen LogP contribution < -0.4 is 5.32 Å². The van der Waals surface area contributed by atoms with E-state index in [0.29, 0.717) is 36.6 Å². The Bertz CT molecular complexity index is 665. The number of para-hydroxylation sites is 1. The van der Waals surface area contributed by atoms with Gasteiger partial charge in [-0.1, -0.05) is 32.6 Å². The molecule has 0 spiro atoms. The van der Waals surface area contributed by atoms with E-state index in [0.717, 1.165) is 0 Å². The summed E-state index contributed by atoms with van der Waals surface area (Å²) < 4.78 is 10.3. The SMILES string of the molecule is C=C(Nc1ccccc1C(=O)OCC)C1(C(=O)OCC)CC1(C)C. The van der Waals surface area contributed by atoms with Crippen LogP contribution in [0.25, 0.3) is 0 Å². The van der Waals surface area contributed by atoms with Gasteiger partial charge in [-0.2, -0.15) is 0 Å². The molecule has 0 radical (unpaired) electrons. The summed E-state index contributed by atoms with van der Waals surface area (Å²) in [7, 11) is 0. The number of anilines is 1. The second-order valence-electron chi connectivity index (χ2n) is 6.56. The number of rotatable bonds is 7. The smallest absolute Gasteiger partial charge is 0.340 e. The van der Waals surface area contributed by atoms with Crippen LogP contribution in [-0.4, -0.2) is 25.2 Å². The maximum Gasteiger partial charge on any atom is 0.340 e. The molecule has 0 saturated heterocycles. The van der Waals surface area contributed by atoms with Gasteiger partial charge < -0.3 is 14.8 Å². The predicted molar refractivity (Wildman–Crippen MR) is 92.6 cm³/mol. The minimum Gasteiger partial charge on any atom is -0.465 e. The average Bonchev–Trinajstić information content (AvgIpc) is 3.12. The van der Waals surface area contributed by atoms with Gasteiger partial charge in [-0.3, -0.25) is 4.79 Å². The van der Waals surface area contributed by atoms with Crippen molar-refractivity contribution in [2.24, 2.45) is 10.8 Å². The summed E-state index contributed by atoms with van der Waals surface area (Å²) in [6, 6.07) is 7.03. The van der Waals surface area contributed by atoms with E-state index in [1.165, 1.54) is 0 Å². The highest BCUT2D eigenvalue weighted by atomic mass is 16.5. The standard InChI is InChI=1S/C19H25NO4/c1-6-23-16(21)14-10-8-9-11-15(14)20-13(3)19(12-18(19,4)5)17(22)24-7-2/h8-11,20H,3,6-7,12H2,1-2,4-5H3. The van der Waals surface area contributed by atoms with Crippen molar-refractivity contribution in [3.8, 4) is 0 Å². The van der Waals surface area contributed by atoms with E-state index in [1.807, 2.05) is 19.9 Å². The van der Waals surface area contributed by atoms with Crippen LogP contribution in [0.2, 0.25) is 0 Å². The van der Waals surface area contributed by atoms with E-state index >= 15 is 0 Å². The molecule has 0 aromatic heterocycles. The molecule has 1 atom stereocenters. The van der Waals surface area contributed by atoms with Gasteiger partial charge in [0, 0.05) is 5.70 Å². The number of carbonyl (C=O) groups excluding carboxylic acids is 2. The summed E-state index contributed by atoms with van der Waals surface area (Å²) in [4.78, 5) is 24.6. The summed E-state index contributed by atoms with van der Waals surface area (Å²) in [6.07, 6.45) is 0.659. The van der Waals surface area contributed by atoms with Gasteiger partial charge in [0.25, 0.3) is 0 Å². The second-order valence-corrected chi connectivity index (χ2v) is 6.56. The van der Waals surface area contributed by atoms with Crippen LogP contribution in [0.1, 0.15) is 44.5 Å². The molecule has 2 rings (SSSR count). The summed E-state index contributed by atoms with van der Waals surface area (Å²) in [6.45, 7) is 12.2. The van der Waals surface area contributed by atoms with Gasteiger partial charge in [-0.05, 0) is 37.8 Å². The number of ether oxygens (including phenoxy) is 2. The first-order chi connectivity index (χ1) is 11.3. The second kappa shape index (κ2) is 6.67. The molecule has 1 aromatic carbocycles. The van der Waals surface area contributed by atoms with E-state index in [9.17, 15) is 9.59 Å². The predicted octanol–water partition coefficient (Wildman–Crippen LogP) is 3.77. The van der Waals surface area contributed by atoms with E-state index in [-0.39, 0.29) is 11.4 Å². The lowest BCUT2D eigenvalue weighted by atomic mass is 9.92.